The van der Waals surface area contributed by atoms with Crippen molar-refractivity contribution in [3.05, 3.63) is 14.7 Å². The van der Waals surface area contributed by atoms with Crippen LogP contribution in [0.1, 0.15) is 18.7 Å². The predicted molar refractivity (Wildman–Crippen MR) is 89.9 cm³/mol. The molecule has 1 fully saturated rings. The highest BCUT2D eigenvalue weighted by molar-refractivity contribution is 9.11. The summed E-state index contributed by atoms with van der Waals surface area (Å²) >= 11 is 4.74. The first-order valence-electron chi connectivity index (χ1n) is 7.05. The van der Waals surface area contributed by atoms with Gasteiger partial charge in [-0.3, -0.25) is 0 Å². The summed E-state index contributed by atoms with van der Waals surface area (Å²) in [5.74, 6) is 0.603. The van der Waals surface area contributed by atoms with Crippen molar-refractivity contribution in [1.29, 1.82) is 0 Å². The van der Waals surface area contributed by atoms with Crippen molar-refractivity contribution >= 4 is 37.3 Å². The van der Waals surface area contributed by atoms with Gasteiger partial charge in [-0.25, -0.2) is 8.42 Å². The van der Waals surface area contributed by atoms with Gasteiger partial charge in [0.15, 0.2) is 0 Å². The molecule has 0 unspecified atom stereocenters. The average Bonchev–Trinajstić information content (AvgIpc) is 2.81. The summed E-state index contributed by atoms with van der Waals surface area (Å²) in [6.45, 7) is 8.44. The molecule has 1 aromatic rings. The van der Waals surface area contributed by atoms with E-state index in [4.69, 9.17) is 5.73 Å². The first-order valence-corrected chi connectivity index (χ1v) is 10.1. The maximum absolute atomic E-state index is 12.7. The second-order valence-electron chi connectivity index (χ2n) is 5.65. The Morgan fingerprint density at radius 3 is 2.43 bits per heavy atom. The lowest BCUT2D eigenvalue weighted by molar-refractivity contribution is 0.172. The molecule has 0 atom stereocenters. The van der Waals surface area contributed by atoms with Crippen molar-refractivity contribution in [1.82, 2.24) is 9.21 Å². The molecular weight excluding hydrogens is 374 g/mol. The fraction of sp³-hybridized carbons (Fsp3) is 0.692. The molecule has 0 aromatic carbocycles. The summed E-state index contributed by atoms with van der Waals surface area (Å²) in [7, 11) is -3.42. The number of sulfonamides is 1. The van der Waals surface area contributed by atoms with Crippen LogP contribution >= 0.6 is 27.3 Å². The molecule has 0 aliphatic carbocycles. The normalized spacial score (nSPS) is 18.5. The smallest absolute Gasteiger partial charge is 0.245 e. The number of piperazine rings is 1. The molecule has 0 radical (unpaired) electrons. The predicted octanol–water partition coefficient (Wildman–Crippen LogP) is 1.93. The molecule has 8 heteroatoms. The molecule has 1 saturated heterocycles. The van der Waals surface area contributed by atoms with Gasteiger partial charge in [0.2, 0.25) is 10.0 Å². The third-order valence-corrected chi connectivity index (χ3v) is 7.65. The summed E-state index contributed by atoms with van der Waals surface area (Å²) in [6, 6.07) is 1.69. The Morgan fingerprint density at radius 2 is 1.95 bits per heavy atom. The number of rotatable bonds is 5. The minimum atomic E-state index is -3.42. The summed E-state index contributed by atoms with van der Waals surface area (Å²) in [6.07, 6.45) is 0. The lowest BCUT2D eigenvalue weighted by atomic mass is 10.2. The van der Waals surface area contributed by atoms with Crippen molar-refractivity contribution in [3.63, 3.8) is 0 Å². The molecule has 5 nitrogen and oxygen atoms in total. The molecular formula is C13H22BrN3O2S2. The fourth-order valence-electron chi connectivity index (χ4n) is 2.48. The molecule has 0 saturated carbocycles. The van der Waals surface area contributed by atoms with Gasteiger partial charge in [0.1, 0.15) is 4.90 Å². The number of nitrogens with zero attached hydrogens (tertiary/aromatic N) is 2. The number of nitrogens with two attached hydrogens (primary N) is 1. The average molecular weight is 396 g/mol. The fourth-order valence-corrected chi connectivity index (χ4v) is 6.42. The number of hydrogen-bond donors (Lipinski definition) is 1. The quantitative estimate of drug-likeness (QED) is 0.826. The van der Waals surface area contributed by atoms with Crippen LogP contribution in [0.2, 0.25) is 0 Å². The number of halogens is 1. The van der Waals surface area contributed by atoms with E-state index in [1.165, 1.54) is 11.3 Å². The van der Waals surface area contributed by atoms with Crippen LogP contribution in [0.15, 0.2) is 14.7 Å². The van der Waals surface area contributed by atoms with Gasteiger partial charge in [-0.15, -0.1) is 11.3 Å². The van der Waals surface area contributed by atoms with Gasteiger partial charge in [0, 0.05) is 44.1 Å². The molecule has 1 aliphatic rings. The SMILES string of the molecule is CC(C)CN1CCN(S(=O)(=O)c2cc(CN)sc2Br)CC1. The maximum atomic E-state index is 12.7. The van der Waals surface area contributed by atoms with E-state index in [1.807, 2.05) is 0 Å². The molecule has 21 heavy (non-hydrogen) atoms. The number of hydrogen-bond acceptors (Lipinski definition) is 5. The van der Waals surface area contributed by atoms with E-state index >= 15 is 0 Å². The second-order valence-corrected chi connectivity index (χ2v) is 10.0. The van der Waals surface area contributed by atoms with Crippen LogP contribution in [-0.4, -0.2) is 50.3 Å². The van der Waals surface area contributed by atoms with E-state index in [2.05, 4.69) is 34.7 Å². The Balaban J connectivity index is 2.09. The zero-order chi connectivity index (χ0) is 15.6. The van der Waals surface area contributed by atoms with Crippen molar-refractivity contribution in [3.8, 4) is 0 Å². The zero-order valence-electron chi connectivity index (χ0n) is 12.4. The first kappa shape index (κ1) is 17.4. The zero-order valence-corrected chi connectivity index (χ0v) is 15.6. The van der Waals surface area contributed by atoms with E-state index in [-0.39, 0.29) is 0 Å². The van der Waals surface area contributed by atoms with Gasteiger partial charge in [-0.2, -0.15) is 4.31 Å². The largest absolute Gasteiger partial charge is 0.326 e. The molecule has 2 N–H and O–H groups in total. The second kappa shape index (κ2) is 7.06. The van der Waals surface area contributed by atoms with E-state index in [0.717, 1.165) is 24.5 Å². The highest BCUT2D eigenvalue weighted by Crippen LogP contribution is 2.33. The standard InChI is InChI=1S/C13H22BrN3O2S2/c1-10(2)9-16-3-5-17(6-4-16)21(18,19)12-7-11(8-15)20-13(12)14/h7,10H,3-6,8-9,15H2,1-2H3. The van der Waals surface area contributed by atoms with Gasteiger partial charge in [0.25, 0.3) is 0 Å². The van der Waals surface area contributed by atoms with E-state index in [1.54, 1.807) is 10.4 Å². The van der Waals surface area contributed by atoms with Crippen molar-refractivity contribution in [2.24, 2.45) is 11.7 Å². The molecule has 2 heterocycles. The first-order chi connectivity index (χ1) is 9.84. The maximum Gasteiger partial charge on any atom is 0.245 e. The third-order valence-electron chi connectivity index (χ3n) is 3.48. The van der Waals surface area contributed by atoms with Crippen molar-refractivity contribution in [2.75, 3.05) is 32.7 Å². The molecule has 120 valence electrons. The van der Waals surface area contributed by atoms with Crippen molar-refractivity contribution < 1.29 is 8.42 Å². The highest BCUT2D eigenvalue weighted by Gasteiger charge is 2.31. The summed E-state index contributed by atoms with van der Waals surface area (Å²) in [5, 5.41) is 0. The molecule has 0 amide bonds. The Morgan fingerprint density at radius 1 is 1.33 bits per heavy atom. The van der Waals surface area contributed by atoms with Crippen LogP contribution in [0, 0.1) is 5.92 Å². The van der Waals surface area contributed by atoms with Gasteiger partial charge in [0.05, 0.1) is 3.79 Å². The van der Waals surface area contributed by atoms with Gasteiger partial charge in [-0.05, 0) is 27.9 Å². The Hall–Kier alpha value is 0.01000. The van der Waals surface area contributed by atoms with E-state index in [9.17, 15) is 8.42 Å². The topological polar surface area (TPSA) is 66.6 Å². The van der Waals surface area contributed by atoms with Gasteiger partial charge in [-0.1, -0.05) is 13.8 Å². The molecule has 1 aromatic heterocycles. The number of thiophene rings is 1. The molecule has 0 spiro atoms. The molecule has 2 rings (SSSR count). The van der Waals surface area contributed by atoms with Crippen molar-refractivity contribution in [2.45, 2.75) is 25.3 Å². The minimum absolute atomic E-state index is 0.352. The lowest BCUT2D eigenvalue weighted by Crippen LogP contribution is -2.49. The Kier molecular flexibility index (Phi) is 5.84. The van der Waals surface area contributed by atoms with Crippen LogP contribution < -0.4 is 5.73 Å². The minimum Gasteiger partial charge on any atom is -0.326 e. The van der Waals surface area contributed by atoms with E-state index in [0.29, 0.717) is 34.2 Å². The van der Waals surface area contributed by atoms with E-state index < -0.39 is 10.0 Å². The third kappa shape index (κ3) is 4.05. The van der Waals surface area contributed by atoms with Gasteiger partial charge >= 0.3 is 0 Å². The Labute approximate surface area is 139 Å². The van der Waals surface area contributed by atoms with Crippen LogP contribution in [0.5, 0.6) is 0 Å². The summed E-state index contributed by atoms with van der Waals surface area (Å²) < 4.78 is 27.6. The highest BCUT2D eigenvalue weighted by atomic mass is 79.9. The van der Waals surface area contributed by atoms with Crippen LogP contribution in [0.4, 0.5) is 0 Å². The van der Waals surface area contributed by atoms with Crippen LogP contribution in [-0.2, 0) is 16.6 Å². The molecule has 0 bridgehead atoms. The molecule has 1 aliphatic heterocycles. The summed E-state index contributed by atoms with van der Waals surface area (Å²) in [4.78, 5) is 3.55. The lowest BCUT2D eigenvalue weighted by Gasteiger charge is -2.34. The van der Waals surface area contributed by atoms with Crippen LogP contribution in [0.25, 0.3) is 0 Å². The van der Waals surface area contributed by atoms with Crippen LogP contribution in [0.3, 0.4) is 0 Å². The summed E-state index contributed by atoms with van der Waals surface area (Å²) in [5.41, 5.74) is 5.59. The Bertz CT molecular complexity index is 578. The monoisotopic (exact) mass is 395 g/mol. The van der Waals surface area contributed by atoms with Gasteiger partial charge < -0.3 is 10.6 Å².